The number of benzene rings is 10. The predicted octanol–water partition coefficient (Wildman–Crippen LogP) is 18.3. The summed E-state index contributed by atoms with van der Waals surface area (Å²) in [6, 6.07) is 81.0. The number of imidazole rings is 4. The molecule has 1 unspecified atom stereocenters. The number of fused-ring (bicyclic) bond motifs is 6. The van der Waals surface area contributed by atoms with Gasteiger partial charge in [-0.1, -0.05) is 218 Å². The van der Waals surface area contributed by atoms with E-state index in [4.69, 9.17) is 78.9 Å². The van der Waals surface area contributed by atoms with Gasteiger partial charge in [-0.3, -0.25) is 18.3 Å². The summed E-state index contributed by atoms with van der Waals surface area (Å²) in [5.74, 6) is 3.33. The van der Waals surface area contributed by atoms with Gasteiger partial charge in [0.2, 0.25) is 0 Å². The van der Waals surface area contributed by atoms with Gasteiger partial charge in [0.1, 0.15) is 95.8 Å². The molecule has 0 bridgehead atoms. The Kier molecular flexibility index (Phi) is 40.2. The van der Waals surface area contributed by atoms with Crippen LogP contribution in [0.3, 0.4) is 0 Å². The second-order valence-electron chi connectivity index (χ2n) is 35.0. The molecule has 8 atom stereocenters. The van der Waals surface area contributed by atoms with E-state index in [1.54, 1.807) is 49.6 Å². The summed E-state index contributed by atoms with van der Waals surface area (Å²) in [5, 5.41) is 15.9. The van der Waals surface area contributed by atoms with Gasteiger partial charge in [-0.15, -0.1) is 0 Å². The maximum atomic E-state index is 14.1. The molecule has 0 aliphatic carbocycles. The molecule has 44 heteroatoms. The van der Waals surface area contributed by atoms with E-state index in [1.807, 2.05) is 264 Å². The summed E-state index contributed by atoms with van der Waals surface area (Å²) >= 11 is 0. The minimum atomic E-state index is -3.49. The molecule has 8 aromatic heterocycles. The summed E-state index contributed by atoms with van der Waals surface area (Å²) in [7, 11) is -13.7. The molecule has 784 valence electrons. The number of aromatic nitrogens is 16. The number of nitrogen functional groups attached to an aromatic ring is 4. The van der Waals surface area contributed by atoms with Crippen molar-refractivity contribution in [1.82, 2.24) is 98.4 Å². The maximum Gasteiger partial charge on any atom is 0.342 e. The summed E-state index contributed by atoms with van der Waals surface area (Å²) in [5.41, 5.74) is 34.9. The lowest BCUT2D eigenvalue weighted by molar-refractivity contribution is 0.0814. The lowest BCUT2D eigenvalue weighted by Crippen LogP contribution is -2.25. The third-order valence-electron chi connectivity index (χ3n) is 23.3. The average molecular weight is 2110 g/mol. The van der Waals surface area contributed by atoms with Crippen LogP contribution in [0.15, 0.2) is 305 Å². The lowest BCUT2D eigenvalue weighted by Gasteiger charge is -2.23. The van der Waals surface area contributed by atoms with Gasteiger partial charge < -0.3 is 97.2 Å². The van der Waals surface area contributed by atoms with Crippen molar-refractivity contribution in [1.29, 1.82) is 0 Å². The molecule has 0 spiro atoms. The number of ether oxygens (including phenoxy) is 8. The minimum Gasteiger partial charge on any atom is -0.431 e. The number of nitrogens with one attached hydrogen (secondary N) is 4. The van der Waals surface area contributed by atoms with E-state index in [-0.39, 0.29) is 49.8 Å². The van der Waals surface area contributed by atoms with E-state index in [2.05, 4.69) is 106 Å². The van der Waals surface area contributed by atoms with Gasteiger partial charge >= 0.3 is 30.1 Å². The van der Waals surface area contributed by atoms with Crippen molar-refractivity contribution in [2.45, 2.75) is 119 Å². The van der Waals surface area contributed by atoms with Crippen molar-refractivity contribution in [2.24, 2.45) is 0 Å². The van der Waals surface area contributed by atoms with Crippen LogP contribution in [-0.4, -0.2) is 180 Å². The summed E-state index contributed by atoms with van der Waals surface area (Å²) in [6.07, 6.45) is 10.4. The maximum absolute atomic E-state index is 14.1. The highest BCUT2D eigenvalue weighted by Crippen LogP contribution is 2.49. The zero-order valence-corrected chi connectivity index (χ0v) is 87.7. The van der Waals surface area contributed by atoms with Gasteiger partial charge in [-0.05, 0) is 122 Å². The number of nitrogens with two attached hydrogens (primary N) is 4. The van der Waals surface area contributed by atoms with E-state index in [9.17, 15) is 18.3 Å². The van der Waals surface area contributed by atoms with Gasteiger partial charge in [0.15, 0.2) is 45.9 Å². The molecule has 0 amide bonds. The first-order chi connectivity index (χ1) is 72.9. The van der Waals surface area contributed by atoms with Crippen LogP contribution in [0.5, 0.6) is 23.0 Å². The Bertz CT molecular complexity index is 7100. The molecule has 150 heavy (non-hydrogen) atoms. The van der Waals surface area contributed by atoms with Crippen LogP contribution in [0.25, 0.3) is 66.2 Å². The molecular formula is C106H124N24O16P4. The second-order valence-corrected chi connectivity index (χ2v) is 43.5. The molecule has 0 aliphatic heterocycles. The number of para-hydroxylation sites is 2. The molecular weight excluding hydrogens is 1990 g/mol. The highest BCUT2D eigenvalue weighted by atomic mass is 31.2. The smallest absolute Gasteiger partial charge is 0.342 e. The van der Waals surface area contributed by atoms with Crippen LogP contribution < -0.4 is 61.4 Å². The van der Waals surface area contributed by atoms with Gasteiger partial charge in [-0.25, -0.2) is 80.2 Å². The Balaban J connectivity index is 0.000000150. The zero-order valence-electron chi connectivity index (χ0n) is 84.1. The molecule has 8 heterocycles. The monoisotopic (exact) mass is 2110 g/mol. The molecule has 0 aliphatic rings. The first-order valence-corrected chi connectivity index (χ1v) is 55.9. The van der Waals surface area contributed by atoms with Crippen molar-refractivity contribution in [3.8, 4) is 23.0 Å². The lowest BCUT2D eigenvalue weighted by atomic mass is 10.1. The van der Waals surface area contributed by atoms with Crippen molar-refractivity contribution in [3.05, 3.63) is 339 Å². The van der Waals surface area contributed by atoms with Crippen LogP contribution in [0.1, 0.15) is 61.1 Å². The largest absolute Gasteiger partial charge is 0.431 e. The number of nitrogens with zero attached hydrogens (tertiary/aromatic N) is 16. The average Bonchev–Trinajstić information content (AvgIpc) is 1.79. The predicted molar refractivity (Wildman–Crippen MR) is 580 cm³/mol. The van der Waals surface area contributed by atoms with E-state index in [1.165, 1.54) is 36.4 Å². The Morgan fingerprint density at radius 3 is 0.853 bits per heavy atom. The molecule has 40 nitrogen and oxygen atoms in total. The number of rotatable bonds is 52. The second kappa shape index (κ2) is 54.8. The quantitative estimate of drug-likeness (QED) is 0.0130. The van der Waals surface area contributed by atoms with Gasteiger partial charge in [0, 0.05) is 37.0 Å². The minimum absolute atomic E-state index is 0.120. The first kappa shape index (κ1) is 110. The Morgan fingerprint density at radius 1 is 0.287 bits per heavy atom. The normalized spacial score (nSPS) is 13.9. The topological polar surface area (TPSA) is 506 Å². The summed E-state index contributed by atoms with van der Waals surface area (Å²) in [6.45, 7) is 18.1. The van der Waals surface area contributed by atoms with Gasteiger partial charge in [0.25, 0.3) is 0 Å². The van der Waals surface area contributed by atoms with E-state index < -0.39 is 30.1 Å². The van der Waals surface area contributed by atoms with E-state index in [0.29, 0.717) is 196 Å². The zero-order chi connectivity index (χ0) is 105. The highest BCUT2D eigenvalue weighted by molar-refractivity contribution is 7.58. The van der Waals surface area contributed by atoms with Gasteiger partial charge in [0.05, 0.1) is 129 Å². The molecule has 0 saturated heterocycles. The molecule has 0 radical (unpaired) electrons. The fourth-order valence-corrected chi connectivity index (χ4v) is 21.8. The standard InChI is InChI=1S/2C29H33N6O4P.2C24H29N6O4P/c2*1-21-8-3-4-10-24(21)17-37-15-14-34-40(36,39-26-13-7-11-23-9-5-6-12-25(23)26)20-38-22(2)16-35-19-33-27-28(30)31-18-32-29(27)35;2*1-19(14-30-17-28-22-23(25)26-16-27-24(22)30)33-18-35(31,34-21-10-6-3-7-11-21)29-12-13-32-15-20-8-4-2-5-9-20/h2*3-13,18-19,22H,14-17,20H2,1-2H3,(H,34,36)(H2,30,31,32);2*2-11,16-17,19H,12-15,18H2,1H3,(H,29,31)(H2,25,26,27)/t22-,40?;22-,40-;19-,35+;19-,35-/m1111/s1. The fourth-order valence-electron chi connectivity index (χ4n) is 15.5. The van der Waals surface area contributed by atoms with Crippen LogP contribution in [0, 0.1) is 13.8 Å². The molecule has 12 N–H and O–H groups in total. The SMILES string of the molecule is C[C@H](Cn1cnc2c(N)ncnc21)OC[P@@](=O)(NCCOCc1ccccc1)Oc1ccccc1.C[C@H](Cn1cnc2c(N)ncnc21)OC[P@](=O)(NCCOCc1ccccc1)Oc1ccccc1.Cc1ccccc1COCCNP(=O)(CO[C@H](C)Cn1cnc2c(N)ncnc21)Oc1cccc2ccccc12.Cc1ccccc1COCCN[P@@](=O)(CO[C@H](C)Cn1cnc2c(N)ncnc21)Oc1cccc2ccccc12. The van der Waals surface area contributed by atoms with Crippen LogP contribution in [-0.2, 0) is 109 Å². The van der Waals surface area contributed by atoms with Gasteiger partial charge in [-0.2, -0.15) is 0 Å². The fraction of sp³-hybridized carbons (Fsp3) is 0.283. The number of aryl methyl sites for hydroxylation is 2. The first-order valence-electron chi connectivity index (χ1n) is 48.7. The third-order valence-corrected chi connectivity index (χ3v) is 30.1. The van der Waals surface area contributed by atoms with Crippen molar-refractivity contribution in [2.75, 3.05) is 101 Å². The summed E-state index contributed by atoms with van der Waals surface area (Å²) in [4.78, 5) is 50.1. The molecule has 18 rings (SSSR count). The summed E-state index contributed by atoms with van der Waals surface area (Å²) < 4.78 is 134. The Labute approximate surface area is 868 Å². The van der Waals surface area contributed by atoms with Crippen LogP contribution in [0.2, 0.25) is 0 Å². The Hall–Kier alpha value is -14.2. The van der Waals surface area contributed by atoms with Crippen LogP contribution in [0.4, 0.5) is 23.3 Å². The molecule has 0 fully saturated rings. The van der Waals surface area contributed by atoms with Crippen molar-refractivity contribution in [3.63, 3.8) is 0 Å². The number of hydrogen-bond acceptors (Lipinski definition) is 32. The number of hydrogen-bond donors (Lipinski definition) is 8. The molecule has 18 aromatic rings. The van der Waals surface area contributed by atoms with E-state index >= 15 is 0 Å². The van der Waals surface area contributed by atoms with Crippen molar-refractivity contribution >= 4 is 120 Å². The molecule has 0 saturated carbocycles. The number of anilines is 4. The van der Waals surface area contributed by atoms with Crippen LogP contribution >= 0.6 is 30.1 Å². The highest BCUT2D eigenvalue weighted by Gasteiger charge is 2.33. The van der Waals surface area contributed by atoms with E-state index in [0.717, 1.165) is 43.8 Å². The third kappa shape index (κ3) is 32.4. The Morgan fingerprint density at radius 2 is 0.547 bits per heavy atom. The molecule has 10 aromatic carbocycles. The van der Waals surface area contributed by atoms with Crippen molar-refractivity contribution < 1.29 is 74.3 Å².